The summed E-state index contributed by atoms with van der Waals surface area (Å²) in [4.78, 5) is 34.8. The maximum Gasteiger partial charge on any atom is 0.329 e. The number of aliphatic carboxylic acids is 1. The van der Waals surface area contributed by atoms with Gasteiger partial charge in [-0.1, -0.05) is 13.3 Å². The third kappa shape index (κ3) is 5.69. The zero-order valence-electron chi connectivity index (χ0n) is 11.1. The topological polar surface area (TPSA) is 95.9 Å². The van der Waals surface area contributed by atoms with Crippen LogP contribution in [0, 0.1) is 5.92 Å². The Bertz CT molecular complexity index is 345. The lowest BCUT2D eigenvalue weighted by molar-refractivity contribution is -0.143. The third-order valence-corrected chi connectivity index (χ3v) is 2.98. The molecule has 1 saturated heterocycles. The molecule has 19 heavy (non-hydrogen) atoms. The molecule has 0 aromatic rings. The van der Waals surface area contributed by atoms with Crippen molar-refractivity contribution >= 4 is 17.9 Å². The standard InChI is InChI=1S/C12H20N2O5/c1-2-3-9-4-5-14(6-9)12(18)13-10(15)7-19-8-11(16)17/h9H,2-8H2,1H3,(H,16,17)(H,13,15,18). The molecule has 1 rings (SSSR count). The molecule has 3 amide bonds. The van der Waals surface area contributed by atoms with Gasteiger partial charge in [-0.2, -0.15) is 0 Å². The average molecular weight is 272 g/mol. The van der Waals surface area contributed by atoms with Crippen molar-refractivity contribution in [1.29, 1.82) is 0 Å². The number of hydrogen-bond acceptors (Lipinski definition) is 4. The Labute approximate surface area is 111 Å². The molecule has 1 aliphatic rings. The second-order valence-electron chi connectivity index (χ2n) is 4.63. The fraction of sp³-hybridized carbons (Fsp3) is 0.750. The van der Waals surface area contributed by atoms with Crippen molar-refractivity contribution in [2.45, 2.75) is 26.2 Å². The van der Waals surface area contributed by atoms with Gasteiger partial charge in [-0.3, -0.25) is 10.1 Å². The highest BCUT2D eigenvalue weighted by molar-refractivity contribution is 5.95. The number of carbonyl (C=O) groups is 3. The van der Waals surface area contributed by atoms with E-state index >= 15 is 0 Å². The van der Waals surface area contributed by atoms with E-state index in [9.17, 15) is 14.4 Å². The average Bonchev–Trinajstić information content (AvgIpc) is 2.77. The number of rotatable bonds is 6. The van der Waals surface area contributed by atoms with Crippen molar-refractivity contribution < 1.29 is 24.2 Å². The van der Waals surface area contributed by atoms with E-state index < -0.39 is 31.1 Å². The molecule has 1 fully saturated rings. The SMILES string of the molecule is CCCC1CCN(C(=O)NC(=O)COCC(=O)O)C1. The predicted octanol–water partition coefficient (Wildman–Crippen LogP) is 0.446. The Morgan fingerprint density at radius 1 is 1.37 bits per heavy atom. The van der Waals surface area contributed by atoms with Crippen LogP contribution >= 0.6 is 0 Å². The Balaban J connectivity index is 2.23. The van der Waals surface area contributed by atoms with Gasteiger partial charge >= 0.3 is 12.0 Å². The molecule has 1 unspecified atom stereocenters. The summed E-state index contributed by atoms with van der Waals surface area (Å²) >= 11 is 0. The summed E-state index contributed by atoms with van der Waals surface area (Å²) in [5.74, 6) is -1.26. The molecule has 1 atom stereocenters. The predicted molar refractivity (Wildman–Crippen MR) is 66.6 cm³/mol. The zero-order chi connectivity index (χ0) is 14.3. The second kappa shape index (κ2) is 7.73. The van der Waals surface area contributed by atoms with Gasteiger partial charge in [0.25, 0.3) is 5.91 Å². The van der Waals surface area contributed by atoms with Crippen molar-refractivity contribution in [3.8, 4) is 0 Å². The number of amides is 3. The van der Waals surface area contributed by atoms with Crippen LogP contribution in [0.15, 0.2) is 0 Å². The van der Waals surface area contributed by atoms with E-state index in [2.05, 4.69) is 17.0 Å². The number of carboxylic acids is 1. The lowest BCUT2D eigenvalue weighted by atomic mass is 10.0. The first-order valence-corrected chi connectivity index (χ1v) is 6.41. The smallest absolute Gasteiger partial charge is 0.329 e. The van der Waals surface area contributed by atoms with Crippen LogP contribution in [-0.2, 0) is 14.3 Å². The van der Waals surface area contributed by atoms with Crippen LogP contribution in [0.2, 0.25) is 0 Å². The molecule has 0 saturated carbocycles. The van der Waals surface area contributed by atoms with E-state index in [4.69, 9.17) is 5.11 Å². The fourth-order valence-electron chi connectivity index (χ4n) is 2.13. The van der Waals surface area contributed by atoms with Crippen LogP contribution in [-0.4, -0.2) is 54.2 Å². The Hall–Kier alpha value is -1.63. The Kier molecular flexibility index (Phi) is 6.27. The lowest BCUT2D eigenvalue weighted by Gasteiger charge is -2.16. The molecule has 7 nitrogen and oxygen atoms in total. The zero-order valence-corrected chi connectivity index (χ0v) is 11.1. The number of hydrogen-bond donors (Lipinski definition) is 2. The van der Waals surface area contributed by atoms with Gasteiger partial charge in [-0.25, -0.2) is 9.59 Å². The monoisotopic (exact) mass is 272 g/mol. The summed E-state index contributed by atoms with van der Waals surface area (Å²) in [5.41, 5.74) is 0. The number of likely N-dealkylation sites (tertiary alicyclic amines) is 1. The van der Waals surface area contributed by atoms with E-state index in [1.54, 1.807) is 4.90 Å². The molecule has 2 N–H and O–H groups in total. The number of nitrogens with one attached hydrogen (secondary N) is 1. The molecule has 1 heterocycles. The molecule has 0 radical (unpaired) electrons. The highest BCUT2D eigenvalue weighted by Crippen LogP contribution is 2.20. The number of urea groups is 1. The largest absolute Gasteiger partial charge is 0.480 e. The molecule has 0 aliphatic carbocycles. The van der Waals surface area contributed by atoms with Crippen LogP contribution in [0.1, 0.15) is 26.2 Å². The molecule has 0 aromatic heterocycles. The first-order chi connectivity index (χ1) is 9.02. The van der Waals surface area contributed by atoms with E-state index in [-0.39, 0.29) is 0 Å². The van der Waals surface area contributed by atoms with Crippen LogP contribution < -0.4 is 5.32 Å². The minimum Gasteiger partial charge on any atom is -0.480 e. The van der Waals surface area contributed by atoms with Crippen molar-refractivity contribution in [2.24, 2.45) is 5.92 Å². The first kappa shape index (κ1) is 15.4. The number of nitrogens with zero attached hydrogens (tertiary/aromatic N) is 1. The summed E-state index contributed by atoms with van der Waals surface area (Å²) in [6.07, 6.45) is 3.13. The van der Waals surface area contributed by atoms with Gasteiger partial charge in [-0.15, -0.1) is 0 Å². The summed E-state index contributed by atoms with van der Waals surface area (Å²) in [6.45, 7) is 2.45. The number of carboxylic acid groups (broad SMARTS) is 1. The normalized spacial score (nSPS) is 18.4. The van der Waals surface area contributed by atoms with Crippen molar-refractivity contribution in [3.05, 3.63) is 0 Å². The quantitative estimate of drug-likeness (QED) is 0.731. The van der Waals surface area contributed by atoms with Crippen molar-refractivity contribution in [2.75, 3.05) is 26.3 Å². The van der Waals surface area contributed by atoms with E-state index in [1.165, 1.54) is 0 Å². The van der Waals surface area contributed by atoms with E-state index in [0.717, 1.165) is 19.3 Å². The van der Waals surface area contributed by atoms with Gasteiger partial charge in [-0.05, 0) is 18.8 Å². The van der Waals surface area contributed by atoms with Crippen LogP contribution in [0.3, 0.4) is 0 Å². The Morgan fingerprint density at radius 3 is 2.74 bits per heavy atom. The van der Waals surface area contributed by atoms with Crippen molar-refractivity contribution in [1.82, 2.24) is 10.2 Å². The highest BCUT2D eigenvalue weighted by Gasteiger charge is 2.26. The first-order valence-electron chi connectivity index (χ1n) is 6.41. The van der Waals surface area contributed by atoms with Crippen molar-refractivity contribution in [3.63, 3.8) is 0 Å². The molecule has 7 heteroatoms. The molecule has 0 aromatic carbocycles. The molecule has 0 bridgehead atoms. The number of carbonyl (C=O) groups excluding carboxylic acids is 2. The minimum atomic E-state index is -1.15. The van der Waals surface area contributed by atoms with Crippen LogP contribution in [0.4, 0.5) is 4.79 Å². The summed E-state index contributed by atoms with van der Waals surface area (Å²) < 4.78 is 4.60. The van der Waals surface area contributed by atoms with Crippen LogP contribution in [0.5, 0.6) is 0 Å². The summed E-state index contributed by atoms with van der Waals surface area (Å²) in [6, 6.07) is -0.428. The van der Waals surface area contributed by atoms with Gasteiger partial charge in [0, 0.05) is 13.1 Å². The van der Waals surface area contributed by atoms with Crippen LogP contribution in [0.25, 0.3) is 0 Å². The molecular weight excluding hydrogens is 252 g/mol. The van der Waals surface area contributed by atoms with Gasteiger partial charge in [0.05, 0.1) is 0 Å². The molecule has 1 aliphatic heterocycles. The number of imide groups is 1. The molecule has 108 valence electrons. The van der Waals surface area contributed by atoms with Gasteiger partial charge < -0.3 is 14.7 Å². The van der Waals surface area contributed by atoms with Gasteiger partial charge in [0.15, 0.2) is 0 Å². The highest BCUT2D eigenvalue weighted by atomic mass is 16.5. The molecule has 0 spiro atoms. The maximum atomic E-state index is 11.7. The van der Waals surface area contributed by atoms with Gasteiger partial charge in [0.2, 0.25) is 0 Å². The lowest BCUT2D eigenvalue weighted by Crippen LogP contribution is -2.43. The molecular formula is C12H20N2O5. The summed E-state index contributed by atoms with van der Waals surface area (Å²) in [7, 11) is 0. The van der Waals surface area contributed by atoms with Gasteiger partial charge in [0.1, 0.15) is 13.2 Å². The summed E-state index contributed by atoms with van der Waals surface area (Å²) in [5, 5.41) is 10.5. The fourth-order valence-corrected chi connectivity index (χ4v) is 2.13. The minimum absolute atomic E-state index is 0.426. The van der Waals surface area contributed by atoms with E-state index in [0.29, 0.717) is 19.0 Å². The third-order valence-electron chi connectivity index (χ3n) is 2.98. The van der Waals surface area contributed by atoms with E-state index in [1.807, 2.05) is 0 Å². The maximum absolute atomic E-state index is 11.7. The Morgan fingerprint density at radius 2 is 2.11 bits per heavy atom. The second-order valence-corrected chi connectivity index (χ2v) is 4.63. The number of ether oxygens (including phenoxy) is 1.